The zero-order valence-corrected chi connectivity index (χ0v) is 31.9. The lowest BCUT2D eigenvalue weighted by Gasteiger charge is -2.08. The fraction of sp³-hybridized carbons (Fsp3) is 0.130. The number of hydrogen-bond acceptors (Lipinski definition) is 8. The number of aromatic amines is 2. The molecule has 10 aromatic heterocycles. The fourth-order valence-corrected chi connectivity index (χ4v) is 6.65. The molecule has 16 rings (SSSR count). The smallest absolute Gasteiger partial charge is 0.196 e. The molecule has 10 heteroatoms. The van der Waals surface area contributed by atoms with Crippen molar-refractivity contribution in [2.24, 2.45) is 0 Å². The zero-order valence-electron chi connectivity index (χ0n) is 31.9. The maximum Gasteiger partial charge on any atom is 0.196 e. The molecular weight excluding hydrogens is 705 g/mol. The van der Waals surface area contributed by atoms with Crippen molar-refractivity contribution in [2.75, 3.05) is 28.4 Å². The van der Waals surface area contributed by atoms with Crippen molar-refractivity contribution in [3.05, 3.63) is 151 Å². The lowest BCUT2D eigenvalue weighted by molar-refractivity contribution is 0.416. The summed E-state index contributed by atoms with van der Waals surface area (Å²) < 4.78 is 23.2. The molecule has 0 saturated carbocycles. The summed E-state index contributed by atoms with van der Waals surface area (Å²) in [6.07, 6.45) is 13.8. The fourth-order valence-electron chi connectivity index (χ4n) is 6.65. The highest BCUT2D eigenvalue weighted by Crippen LogP contribution is 2.33. The van der Waals surface area contributed by atoms with Gasteiger partial charge in [-0.2, -0.15) is 0 Å². The second kappa shape index (κ2) is 16.0. The van der Waals surface area contributed by atoms with Gasteiger partial charge in [0, 0.05) is 103 Å². The predicted octanol–water partition coefficient (Wildman–Crippen LogP) is 7.39. The molecule has 12 bridgehead atoms. The van der Waals surface area contributed by atoms with Crippen molar-refractivity contribution in [3.63, 3.8) is 0 Å². The Morgan fingerprint density at radius 2 is 0.821 bits per heavy atom. The third kappa shape index (κ3) is 7.72. The van der Waals surface area contributed by atoms with Crippen molar-refractivity contribution in [3.8, 4) is 23.0 Å². The third-order valence-electron chi connectivity index (χ3n) is 9.43. The van der Waals surface area contributed by atoms with E-state index >= 15 is 0 Å². The van der Waals surface area contributed by atoms with Gasteiger partial charge in [-0.25, -0.2) is 0 Å². The van der Waals surface area contributed by atoms with Gasteiger partial charge in [-0.05, 0) is 97.8 Å². The molecule has 0 aliphatic heterocycles. The molecule has 0 amide bonds. The van der Waals surface area contributed by atoms with Crippen molar-refractivity contribution >= 4 is 67.9 Å². The molecular formula is C46H40N4O6. The van der Waals surface area contributed by atoms with Crippen LogP contribution in [-0.4, -0.2) is 48.4 Å². The molecule has 14 aromatic rings. The highest BCUT2D eigenvalue weighted by molar-refractivity contribution is 5.95. The summed E-state index contributed by atoms with van der Waals surface area (Å²) in [6, 6.07) is 22.5. The molecule has 4 aromatic carbocycles. The van der Waals surface area contributed by atoms with Gasteiger partial charge in [0.25, 0.3) is 0 Å². The maximum absolute atomic E-state index is 13.6. The van der Waals surface area contributed by atoms with Crippen LogP contribution in [0.5, 0.6) is 23.0 Å². The number of rotatable bonds is 4. The Kier molecular flexibility index (Phi) is 10.6. The van der Waals surface area contributed by atoms with Gasteiger partial charge in [0.1, 0.15) is 23.0 Å². The first-order valence-corrected chi connectivity index (χ1v) is 17.8. The van der Waals surface area contributed by atoms with Gasteiger partial charge in [0.05, 0.1) is 39.5 Å². The van der Waals surface area contributed by atoms with Gasteiger partial charge in [-0.1, -0.05) is 0 Å². The minimum Gasteiger partial charge on any atom is -0.496 e. The SMILES string of the molecule is COc1cc2ccc1c1ccc(cc1OC)[nH]cc1c(=O)c(cnc3ccc(c(OC)c3)c3ccc(cc3OC)[nH]cc3c(=O)c(cn2)=CC(C)=C3)=CC(C)=C1. The normalized spacial score (nSPS) is 12.0. The molecule has 280 valence electrons. The third-order valence-corrected chi connectivity index (χ3v) is 9.43. The first-order chi connectivity index (χ1) is 27.2. The summed E-state index contributed by atoms with van der Waals surface area (Å²) in [5.41, 5.74) is 5.09. The Labute approximate surface area is 322 Å². The quantitative estimate of drug-likeness (QED) is 0.195. The van der Waals surface area contributed by atoms with Crippen LogP contribution in [0.1, 0.15) is 25.0 Å². The van der Waals surface area contributed by atoms with Crippen LogP contribution in [0.2, 0.25) is 0 Å². The summed E-state index contributed by atoms with van der Waals surface area (Å²) >= 11 is 0. The number of hydrogen-bond donors (Lipinski definition) is 2. The predicted molar refractivity (Wildman–Crippen MR) is 225 cm³/mol. The van der Waals surface area contributed by atoms with Gasteiger partial charge in [0.2, 0.25) is 0 Å². The van der Waals surface area contributed by atoms with E-state index in [4.69, 9.17) is 18.9 Å². The van der Waals surface area contributed by atoms with Gasteiger partial charge in [-0.15, -0.1) is 0 Å². The Morgan fingerprint density at radius 3 is 1.20 bits per heavy atom. The van der Waals surface area contributed by atoms with Crippen molar-refractivity contribution in [2.45, 2.75) is 13.8 Å². The van der Waals surface area contributed by atoms with Gasteiger partial charge in [-0.3, -0.25) is 19.6 Å². The second-order valence-electron chi connectivity index (χ2n) is 13.2. The molecule has 2 aliphatic rings. The summed E-state index contributed by atoms with van der Waals surface area (Å²) in [5, 5.41) is 4.08. The van der Waals surface area contributed by atoms with Crippen LogP contribution in [0, 0.1) is 0 Å². The summed E-state index contributed by atoms with van der Waals surface area (Å²) in [6.45, 7) is 3.87. The van der Waals surface area contributed by atoms with Crippen LogP contribution >= 0.6 is 0 Å². The largest absolute Gasteiger partial charge is 0.496 e. The summed E-state index contributed by atoms with van der Waals surface area (Å²) in [5.74, 6) is 2.35. The summed E-state index contributed by atoms with van der Waals surface area (Å²) in [7, 11) is 6.39. The van der Waals surface area contributed by atoms with E-state index in [9.17, 15) is 9.59 Å². The zero-order chi connectivity index (χ0) is 39.3. The van der Waals surface area contributed by atoms with Crippen LogP contribution < -0.4 is 40.2 Å². The Balaban J connectivity index is 1.53. The number of ether oxygens (including phenoxy) is 4. The van der Waals surface area contributed by atoms with Crippen molar-refractivity contribution in [1.29, 1.82) is 0 Å². The van der Waals surface area contributed by atoms with Crippen LogP contribution in [0.15, 0.2) is 118 Å². The average molecular weight is 745 g/mol. The van der Waals surface area contributed by atoms with E-state index < -0.39 is 0 Å². The number of benzene rings is 4. The molecule has 10 nitrogen and oxygen atoms in total. The topological polar surface area (TPSA) is 128 Å². The lowest BCUT2D eigenvalue weighted by Crippen LogP contribution is -2.26. The van der Waals surface area contributed by atoms with Crippen molar-refractivity contribution < 1.29 is 18.9 Å². The number of nitrogens with zero attached hydrogens (tertiary/aromatic N) is 2. The van der Waals surface area contributed by atoms with Crippen LogP contribution in [-0.2, 0) is 0 Å². The first kappa shape index (κ1) is 37.1. The number of methoxy groups -OCH3 is 4. The average Bonchev–Trinajstić information content (AvgIpc) is 3.22. The number of aromatic nitrogens is 4. The minimum atomic E-state index is -0.171. The van der Waals surface area contributed by atoms with E-state index in [1.807, 2.05) is 111 Å². The van der Waals surface area contributed by atoms with E-state index in [-0.39, 0.29) is 10.9 Å². The van der Waals surface area contributed by atoms with Crippen molar-refractivity contribution in [1.82, 2.24) is 19.9 Å². The molecule has 0 spiro atoms. The van der Waals surface area contributed by atoms with E-state index in [1.54, 1.807) is 53.2 Å². The first-order valence-electron chi connectivity index (χ1n) is 17.8. The molecule has 10 heterocycles. The van der Waals surface area contributed by atoms with Crippen LogP contribution in [0.25, 0.3) is 67.9 Å². The highest BCUT2D eigenvalue weighted by Gasteiger charge is 2.08. The van der Waals surface area contributed by atoms with Crippen LogP contribution in [0.3, 0.4) is 0 Å². The number of H-pyrrole nitrogens is 2. The van der Waals surface area contributed by atoms with Gasteiger partial charge < -0.3 is 28.9 Å². The Morgan fingerprint density at radius 1 is 0.464 bits per heavy atom. The van der Waals surface area contributed by atoms with Crippen LogP contribution in [0.4, 0.5) is 0 Å². The summed E-state index contributed by atoms with van der Waals surface area (Å²) in [4.78, 5) is 43.0. The van der Waals surface area contributed by atoms with E-state index in [1.165, 1.54) is 0 Å². The monoisotopic (exact) mass is 744 g/mol. The molecule has 0 fully saturated rings. The minimum absolute atomic E-state index is 0.171. The van der Waals surface area contributed by atoms with Gasteiger partial charge in [0.15, 0.2) is 10.9 Å². The molecule has 0 atom stereocenters. The molecule has 2 N–H and O–H groups in total. The Hall–Kier alpha value is -7.20. The van der Waals surface area contributed by atoms with E-state index in [0.29, 0.717) is 55.6 Å². The van der Waals surface area contributed by atoms with E-state index in [2.05, 4.69) is 19.9 Å². The molecule has 0 unspecified atom stereocenters. The standard InChI is InChI=1S/C46H40N4O6/c1-27-15-29-23-47-33-7-11-37(41(19-33)53-3)39-13-9-35(21-43(39)55-5)49-25-31-17-28(2)18-32(46(31)52)26-50-36-10-14-40(44(22-36)56-6)38-12-8-34(20-42(38)54-4)48-24-30(16-27)45(29)51/h7-26,47,50H,1-6H3. The number of allylic oxidation sites excluding steroid dienone is 2. The second-order valence-corrected chi connectivity index (χ2v) is 13.2. The molecule has 2 aliphatic carbocycles. The van der Waals surface area contributed by atoms with Gasteiger partial charge >= 0.3 is 0 Å². The molecule has 0 saturated heterocycles. The molecule has 0 radical (unpaired) electrons. The lowest BCUT2D eigenvalue weighted by atomic mass is 10.1. The Bertz CT molecular complexity index is 2850. The highest BCUT2D eigenvalue weighted by atomic mass is 16.5. The maximum atomic E-state index is 13.6. The number of nitrogens with one attached hydrogen (secondary N) is 2. The van der Waals surface area contributed by atoms with E-state index in [0.717, 1.165) is 43.7 Å². The molecule has 56 heavy (non-hydrogen) atoms.